The van der Waals surface area contributed by atoms with Crippen molar-refractivity contribution in [3.63, 3.8) is 0 Å². The number of aliphatic hydroxyl groups is 4. The van der Waals surface area contributed by atoms with Crippen LogP contribution in [0.3, 0.4) is 0 Å². The number of hydrogen-bond acceptors (Lipinski definition) is 8. The molecule has 1 fully saturated rings. The maximum absolute atomic E-state index is 12.6. The number of rotatable bonds is 33. The van der Waals surface area contributed by atoms with Crippen molar-refractivity contribution in [1.29, 1.82) is 0 Å². The van der Waals surface area contributed by atoms with Crippen molar-refractivity contribution in [1.82, 2.24) is 0 Å². The van der Waals surface area contributed by atoms with Gasteiger partial charge in [0.1, 0.15) is 36.6 Å². The summed E-state index contributed by atoms with van der Waals surface area (Å²) in [6.07, 6.45) is 22.5. The van der Waals surface area contributed by atoms with Gasteiger partial charge < -0.3 is 34.6 Å². The molecule has 1 saturated carbocycles. The SMILES string of the molecule is CCCCCCCCCCCCCC(=O)O[C@@H](COCCCCCCCCCC(C)CCCCCC)COC1C(O)C(O)[C@@H](O)C1O. The predicted octanol–water partition coefficient (Wildman–Crippen LogP) is 8.19. The van der Waals surface area contributed by atoms with Crippen molar-refractivity contribution >= 4 is 5.97 Å². The van der Waals surface area contributed by atoms with Gasteiger partial charge in [0.05, 0.1) is 13.2 Å². The standard InChI is InChI=1S/C39H76O8/c1-4-6-8-10-11-12-13-14-17-20-24-28-34(40)47-33(31-46-39-37(43)35(41)36(42)38(39)44)30-45-29-25-21-18-15-16-19-23-27-32(3)26-22-9-7-5-2/h32-33,35-39,41-44H,4-31H2,1-3H3/t32?,33-,35+,36?,37?,38?,39?/m0/s1. The molecule has 0 aromatic heterocycles. The number of carbonyl (C=O) groups is 1. The molecule has 0 heterocycles. The van der Waals surface area contributed by atoms with Gasteiger partial charge in [0, 0.05) is 13.0 Å². The summed E-state index contributed by atoms with van der Waals surface area (Å²) >= 11 is 0. The molecule has 0 saturated heterocycles. The first-order valence-electron chi connectivity index (χ1n) is 19.9. The van der Waals surface area contributed by atoms with Crippen molar-refractivity contribution in [3.8, 4) is 0 Å². The Balaban J connectivity index is 2.24. The number of carbonyl (C=O) groups excluding carboxylic acids is 1. The van der Waals surface area contributed by atoms with Crippen LogP contribution < -0.4 is 0 Å². The third-order valence-electron chi connectivity index (χ3n) is 9.82. The van der Waals surface area contributed by atoms with Gasteiger partial charge in [-0.15, -0.1) is 0 Å². The molecule has 7 atom stereocenters. The first-order chi connectivity index (χ1) is 22.8. The topological polar surface area (TPSA) is 126 Å². The highest BCUT2D eigenvalue weighted by molar-refractivity contribution is 5.69. The highest BCUT2D eigenvalue weighted by atomic mass is 16.6. The van der Waals surface area contributed by atoms with E-state index < -0.39 is 36.6 Å². The van der Waals surface area contributed by atoms with Crippen LogP contribution in [0.1, 0.15) is 181 Å². The Morgan fingerprint density at radius 3 is 1.49 bits per heavy atom. The van der Waals surface area contributed by atoms with E-state index in [1.165, 1.54) is 122 Å². The molecule has 0 aromatic rings. The Labute approximate surface area is 288 Å². The average Bonchev–Trinajstić information content (AvgIpc) is 3.24. The molecular formula is C39H76O8. The number of esters is 1. The third kappa shape index (κ3) is 22.5. The van der Waals surface area contributed by atoms with Crippen LogP contribution in [0, 0.1) is 5.92 Å². The zero-order valence-electron chi connectivity index (χ0n) is 30.8. The van der Waals surface area contributed by atoms with Crippen LogP contribution in [-0.2, 0) is 19.0 Å². The number of unbranched alkanes of at least 4 members (excludes halogenated alkanes) is 19. The molecule has 5 unspecified atom stereocenters. The van der Waals surface area contributed by atoms with Gasteiger partial charge in [-0.2, -0.15) is 0 Å². The second kappa shape index (κ2) is 30.1. The highest BCUT2D eigenvalue weighted by Crippen LogP contribution is 2.25. The van der Waals surface area contributed by atoms with E-state index >= 15 is 0 Å². The lowest BCUT2D eigenvalue weighted by atomic mass is 9.96. The summed E-state index contributed by atoms with van der Waals surface area (Å²) in [5.74, 6) is 0.546. The van der Waals surface area contributed by atoms with E-state index in [1.807, 2.05) is 0 Å². The van der Waals surface area contributed by atoms with E-state index in [4.69, 9.17) is 14.2 Å². The minimum Gasteiger partial charge on any atom is -0.457 e. The average molecular weight is 673 g/mol. The summed E-state index contributed by atoms with van der Waals surface area (Å²) in [5.41, 5.74) is 0. The normalized spacial score (nSPS) is 22.5. The molecule has 4 N–H and O–H groups in total. The Morgan fingerprint density at radius 1 is 0.553 bits per heavy atom. The Morgan fingerprint density at radius 2 is 0.979 bits per heavy atom. The van der Waals surface area contributed by atoms with Crippen LogP contribution in [0.4, 0.5) is 0 Å². The fourth-order valence-corrected chi connectivity index (χ4v) is 6.56. The van der Waals surface area contributed by atoms with E-state index in [1.54, 1.807) is 0 Å². The molecule has 0 radical (unpaired) electrons. The second-order valence-electron chi connectivity index (χ2n) is 14.5. The first-order valence-corrected chi connectivity index (χ1v) is 19.9. The molecule has 8 nitrogen and oxygen atoms in total. The molecule has 1 rings (SSSR count). The summed E-state index contributed by atoms with van der Waals surface area (Å²) < 4.78 is 17.2. The summed E-state index contributed by atoms with van der Waals surface area (Å²) in [6.45, 7) is 7.53. The van der Waals surface area contributed by atoms with Crippen LogP contribution >= 0.6 is 0 Å². The molecule has 280 valence electrons. The van der Waals surface area contributed by atoms with Gasteiger partial charge in [-0.05, 0) is 18.8 Å². The highest BCUT2D eigenvalue weighted by Gasteiger charge is 2.49. The lowest BCUT2D eigenvalue weighted by molar-refractivity contribution is -0.163. The summed E-state index contributed by atoms with van der Waals surface area (Å²) in [6, 6.07) is 0. The van der Waals surface area contributed by atoms with Crippen molar-refractivity contribution in [2.75, 3.05) is 19.8 Å². The van der Waals surface area contributed by atoms with Crippen LogP contribution in [0.25, 0.3) is 0 Å². The molecule has 0 spiro atoms. The van der Waals surface area contributed by atoms with Crippen LogP contribution in [0.15, 0.2) is 0 Å². The number of ether oxygens (including phenoxy) is 3. The maximum atomic E-state index is 12.6. The van der Waals surface area contributed by atoms with Crippen molar-refractivity contribution in [3.05, 3.63) is 0 Å². The molecule has 1 aliphatic carbocycles. The third-order valence-corrected chi connectivity index (χ3v) is 9.82. The lowest BCUT2D eigenvalue weighted by Gasteiger charge is -2.24. The van der Waals surface area contributed by atoms with E-state index in [9.17, 15) is 25.2 Å². The molecule has 0 bridgehead atoms. The van der Waals surface area contributed by atoms with E-state index in [0.29, 0.717) is 13.0 Å². The van der Waals surface area contributed by atoms with E-state index in [0.717, 1.165) is 38.0 Å². The van der Waals surface area contributed by atoms with Gasteiger partial charge in [0.2, 0.25) is 0 Å². The smallest absolute Gasteiger partial charge is 0.306 e. The van der Waals surface area contributed by atoms with Crippen LogP contribution in [0.5, 0.6) is 0 Å². The minimum atomic E-state index is -1.49. The van der Waals surface area contributed by atoms with Crippen LogP contribution in [-0.4, -0.2) is 82.8 Å². The molecule has 1 aliphatic rings. The number of aliphatic hydroxyl groups excluding tert-OH is 4. The quantitative estimate of drug-likeness (QED) is 0.0406. The first kappa shape index (κ1) is 44.3. The number of hydrogen-bond donors (Lipinski definition) is 4. The largest absolute Gasteiger partial charge is 0.457 e. The maximum Gasteiger partial charge on any atom is 0.306 e. The summed E-state index contributed by atoms with van der Waals surface area (Å²) in [4.78, 5) is 12.6. The van der Waals surface area contributed by atoms with Crippen molar-refractivity contribution in [2.24, 2.45) is 5.92 Å². The van der Waals surface area contributed by atoms with E-state index in [2.05, 4.69) is 20.8 Å². The molecule has 0 aliphatic heterocycles. The zero-order valence-corrected chi connectivity index (χ0v) is 30.8. The second-order valence-corrected chi connectivity index (χ2v) is 14.5. The van der Waals surface area contributed by atoms with Gasteiger partial charge in [0.15, 0.2) is 0 Å². The molecular weight excluding hydrogens is 596 g/mol. The van der Waals surface area contributed by atoms with Crippen LogP contribution in [0.2, 0.25) is 0 Å². The summed E-state index contributed by atoms with van der Waals surface area (Å²) in [5, 5.41) is 40.1. The predicted molar refractivity (Wildman–Crippen MR) is 190 cm³/mol. The van der Waals surface area contributed by atoms with E-state index in [-0.39, 0.29) is 19.2 Å². The molecule has 0 aromatic carbocycles. The van der Waals surface area contributed by atoms with Gasteiger partial charge in [0.25, 0.3) is 0 Å². The Kier molecular flexibility index (Phi) is 28.3. The lowest BCUT2D eigenvalue weighted by Crippen LogP contribution is -2.39. The Bertz CT molecular complexity index is 692. The van der Waals surface area contributed by atoms with Gasteiger partial charge in [-0.3, -0.25) is 4.79 Å². The Hall–Kier alpha value is -0.770. The molecule has 0 amide bonds. The minimum absolute atomic E-state index is 0.0976. The van der Waals surface area contributed by atoms with Crippen molar-refractivity contribution < 1.29 is 39.4 Å². The monoisotopic (exact) mass is 673 g/mol. The fraction of sp³-hybridized carbons (Fsp3) is 0.974. The van der Waals surface area contributed by atoms with Gasteiger partial charge in [-0.25, -0.2) is 0 Å². The molecule has 8 heteroatoms. The van der Waals surface area contributed by atoms with Gasteiger partial charge in [-0.1, -0.05) is 162 Å². The zero-order chi connectivity index (χ0) is 34.5. The fourth-order valence-electron chi connectivity index (χ4n) is 6.56. The summed E-state index contributed by atoms with van der Waals surface area (Å²) in [7, 11) is 0. The van der Waals surface area contributed by atoms with Crippen molar-refractivity contribution in [2.45, 2.75) is 218 Å². The molecule has 47 heavy (non-hydrogen) atoms. The van der Waals surface area contributed by atoms with Gasteiger partial charge >= 0.3 is 5.97 Å².